The van der Waals surface area contributed by atoms with Gasteiger partial charge in [-0.25, -0.2) is 4.68 Å². The molecule has 186 valence electrons. The molecule has 0 bridgehead atoms. The summed E-state index contributed by atoms with van der Waals surface area (Å²) in [4.78, 5) is 25.3. The van der Waals surface area contributed by atoms with Crippen molar-refractivity contribution in [3.63, 3.8) is 0 Å². The van der Waals surface area contributed by atoms with Crippen LogP contribution in [-0.4, -0.2) is 31.4 Å². The highest BCUT2D eigenvalue weighted by atomic mass is 16.5. The molecule has 2 N–H and O–H groups in total. The van der Waals surface area contributed by atoms with E-state index in [-0.39, 0.29) is 29.7 Å². The molecule has 2 heterocycles. The highest BCUT2D eigenvalue weighted by Gasteiger charge is 2.15. The van der Waals surface area contributed by atoms with E-state index in [0.29, 0.717) is 23.6 Å². The van der Waals surface area contributed by atoms with Crippen molar-refractivity contribution in [2.24, 2.45) is 0 Å². The lowest BCUT2D eigenvalue weighted by Crippen LogP contribution is -2.18. The maximum absolute atomic E-state index is 12.7. The van der Waals surface area contributed by atoms with Crippen LogP contribution >= 0.6 is 0 Å². The third-order valence-electron chi connectivity index (χ3n) is 5.58. The first-order valence-corrected chi connectivity index (χ1v) is 11.7. The summed E-state index contributed by atoms with van der Waals surface area (Å²) in [6.07, 6.45) is 3.27. The van der Waals surface area contributed by atoms with Crippen molar-refractivity contribution in [1.29, 1.82) is 0 Å². The lowest BCUT2D eigenvalue weighted by atomic mass is 9.87. The Morgan fingerprint density at radius 2 is 1.64 bits per heavy atom. The summed E-state index contributed by atoms with van der Waals surface area (Å²) in [6, 6.07) is 18.2. The minimum Gasteiger partial charge on any atom is -0.471 e. The minimum atomic E-state index is -0.365. The number of ether oxygens (including phenoxy) is 1. The first-order valence-electron chi connectivity index (χ1n) is 11.7. The molecule has 2 aromatic carbocycles. The van der Waals surface area contributed by atoms with E-state index < -0.39 is 0 Å². The number of anilines is 2. The largest absolute Gasteiger partial charge is 0.471 e. The van der Waals surface area contributed by atoms with Gasteiger partial charge in [0.05, 0.1) is 0 Å². The number of aromatic nitrogens is 4. The summed E-state index contributed by atoms with van der Waals surface area (Å²) in [6.45, 7) is 9.17. The van der Waals surface area contributed by atoms with Crippen molar-refractivity contribution < 1.29 is 14.3 Å². The molecule has 0 saturated carbocycles. The van der Waals surface area contributed by atoms with Gasteiger partial charge in [0.25, 0.3) is 11.8 Å². The zero-order valence-electron chi connectivity index (χ0n) is 20.9. The van der Waals surface area contributed by atoms with Gasteiger partial charge in [0, 0.05) is 30.3 Å². The molecule has 2 aromatic heterocycles. The Morgan fingerprint density at radius 1 is 0.944 bits per heavy atom. The molecule has 0 aliphatic rings. The quantitative estimate of drug-likeness (QED) is 0.367. The second kappa shape index (κ2) is 10.5. The fourth-order valence-corrected chi connectivity index (χ4v) is 3.59. The van der Waals surface area contributed by atoms with Crippen molar-refractivity contribution >= 4 is 23.2 Å². The predicted octanol–water partition coefficient (Wildman–Crippen LogP) is 4.94. The number of hydrogen-bond donors (Lipinski definition) is 2. The van der Waals surface area contributed by atoms with Crippen LogP contribution in [0.15, 0.2) is 73.1 Å². The Balaban J connectivity index is 1.34. The van der Waals surface area contributed by atoms with E-state index >= 15 is 0 Å². The number of nitrogens with one attached hydrogen (secondary N) is 2. The van der Waals surface area contributed by atoms with E-state index in [9.17, 15) is 9.59 Å². The molecule has 0 spiro atoms. The summed E-state index contributed by atoms with van der Waals surface area (Å²) in [5.41, 5.74) is 3.11. The number of carbonyl (C=O) groups excluding carboxylic acids is 2. The van der Waals surface area contributed by atoms with E-state index in [1.54, 1.807) is 58.2 Å². The number of benzene rings is 2. The van der Waals surface area contributed by atoms with Gasteiger partial charge in [-0.3, -0.25) is 14.3 Å². The molecule has 4 aromatic rings. The van der Waals surface area contributed by atoms with E-state index in [2.05, 4.69) is 41.6 Å². The zero-order chi connectivity index (χ0) is 25.7. The van der Waals surface area contributed by atoms with Crippen molar-refractivity contribution in [2.45, 2.75) is 46.4 Å². The van der Waals surface area contributed by atoms with E-state index in [1.807, 2.05) is 31.2 Å². The normalized spacial score (nSPS) is 11.2. The topological polar surface area (TPSA) is 103 Å². The van der Waals surface area contributed by atoms with Gasteiger partial charge in [0.1, 0.15) is 11.4 Å². The molecule has 2 amide bonds. The van der Waals surface area contributed by atoms with Crippen LogP contribution in [0.2, 0.25) is 0 Å². The summed E-state index contributed by atoms with van der Waals surface area (Å²) < 4.78 is 8.96. The van der Waals surface area contributed by atoms with E-state index in [0.717, 1.165) is 5.75 Å². The summed E-state index contributed by atoms with van der Waals surface area (Å²) >= 11 is 0. The fraction of sp³-hybridized carbons (Fsp3) is 0.259. The molecule has 0 aliphatic heterocycles. The molecule has 0 aliphatic carbocycles. The molecule has 0 radical (unpaired) electrons. The van der Waals surface area contributed by atoms with Crippen LogP contribution in [0.25, 0.3) is 0 Å². The Morgan fingerprint density at radius 3 is 2.31 bits per heavy atom. The van der Waals surface area contributed by atoms with Crippen LogP contribution < -0.4 is 15.4 Å². The lowest BCUT2D eigenvalue weighted by molar-refractivity contribution is 0.101. The Labute approximate surface area is 210 Å². The van der Waals surface area contributed by atoms with Gasteiger partial charge in [-0.15, -0.1) is 0 Å². The van der Waals surface area contributed by atoms with Crippen LogP contribution in [0.1, 0.15) is 54.2 Å². The van der Waals surface area contributed by atoms with E-state index in [4.69, 9.17) is 4.74 Å². The maximum atomic E-state index is 12.7. The second-order valence-electron chi connectivity index (χ2n) is 9.31. The number of rotatable bonds is 8. The number of hydrogen-bond acceptors (Lipinski definition) is 5. The third kappa shape index (κ3) is 5.99. The Kier molecular flexibility index (Phi) is 7.19. The monoisotopic (exact) mass is 486 g/mol. The first kappa shape index (κ1) is 24.7. The van der Waals surface area contributed by atoms with Gasteiger partial charge in [-0.05, 0) is 60.4 Å². The highest BCUT2D eigenvalue weighted by Crippen LogP contribution is 2.24. The number of carbonyl (C=O) groups is 2. The number of amides is 2. The smallest absolute Gasteiger partial charge is 0.276 e. The third-order valence-corrected chi connectivity index (χ3v) is 5.58. The minimum absolute atomic E-state index is 0.0760. The average Bonchev–Trinajstić information content (AvgIpc) is 3.52. The molecular formula is C27H30N6O3. The van der Waals surface area contributed by atoms with Gasteiger partial charge in [-0.1, -0.05) is 39.0 Å². The van der Waals surface area contributed by atoms with Crippen LogP contribution in [0, 0.1) is 0 Å². The molecule has 4 rings (SSSR count). The number of nitrogens with zero attached hydrogens (tertiary/aromatic N) is 4. The Hall–Kier alpha value is -4.40. The summed E-state index contributed by atoms with van der Waals surface area (Å²) in [5.74, 6) is 0.0887. The van der Waals surface area contributed by atoms with Crippen molar-refractivity contribution in [3.8, 4) is 5.75 Å². The van der Waals surface area contributed by atoms with Crippen LogP contribution in [0.5, 0.6) is 5.75 Å². The first-order chi connectivity index (χ1) is 17.2. The molecular weight excluding hydrogens is 456 g/mol. The summed E-state index contributed by atoms with van der Waals surface area (Å²) in [5, 5.41) is 14.1. The van der Waals surface area contributed by atoms with E-state index in [1.165, 1.54) is 5.56 Å². The summed E-state index contributed by atoms with van der Waals surface area (Å²) in [7, 11) is 0. The molecule has 9 nitrogen and oxygen atoms in total. The highest BCUT2D eigenvalue weighted by molar-refractivity contribution is 6.05. The van der Waals surface area contributed by atoms with Crippen LogP contribution in [-0.2, 0) is 18.7 Å². The lowest BCUT2D eigenvalue weighted by Gasteiger charge is -2.19. The van der Waals surface area contributed by atoms with Gasteiger partial charge < -0.3 is 15.4 Å². The van der Waals surface area contributed by atoms with Gasteiger partial charge in [-0.2, -0.15) is 10.2 Å². The van der Waals surface area contributed by atoms with Crippen LogP contribution in [0.4, 0.5) is 11.4 Å². The maximum Gasteiger partial charge on any atom is 0.276 e. The van der Waals surface area contributed by atoms with Crippen LogP contribution in [0.3, 0.4) is 0 Å². The average molecular weight is 487 g/mol. The standard InChI is InChI=1S/C27H30N6O3/c1-5-33-24(13-15-28-33)26(35)30-21-8-6-7-20(17-21)29-25(34)23-14-16-32(31-23)18-36-22-11-9-19(10-12-22)27(2,3)4/h6-17H,5,18H2,1-4H3,(H,29,34)(H,30,35). The van der Waals surface area contributed by atoms with Gasteiger partial charge >= 0.3 is 0 Å². The molecule has 0 saturated heterocycles. The predicted molar refractivity (Wildman–Crippen MR) is 138 cm³/mol. The van der Waals surface area contributed by atoms with Crippen molar-refractivity contribution in [1.82, 2.24) is 19.6 Å². The molecule has 0 unspecified atom stereocenters. The zero-order valence-corrected chi connectivity index (χ0v) is 20.9. The molecule has 0 fully saturated rings. The fourth-order valence-electron chi connectivity index (χ4n) is 3.59. The Bertz CT molecular complexity index is 1350. The van der Waals surface area contributed by atoms with Gasteiger partial charge in [0.15, 0.2) is 12.4 Å². The molecule has 9 heteroatoms. The van der Waals surface area contributed by atoms with Crippen molar-refractivity contribution in [3.05, 3.63) is 90.0 Å². The number of aryl methyl sites for hydroxylation is 1. The SMILES string of the molecule is CCn1nccc1C(=O)Nc1cccc(NC(=O)c2ccn(COc3ccc(C(C)(C)C)cc3)n2)c1. The molecule has 36 heavy (non-hydrogen) atoms. The van der Waals surface area contributed by atoms with Crippen molar-refractivity contribution in [2.75, 3.05) is 10.6 Å². The van der Waals surface area contributed by atoms with Gasteiger partial charge in [0.2, 0.25) is 0 Å². The second-order valence-corrected chi connectivity index (χ2v) is 9.31. The molecule has 0 atom stereocenters.